The van der Waals surface area contributed by atoms with Gasteiger partial charge in [-0.15, -0.1) is 0 Å². The van der Waals surface area contributed by atoms with Crippen LogP contribution in [0, 0.1) is 5.92 Å². The molecule has 1 heterocycles. The van der Waals surface area contributed by atoms with Crippen LogP contribution in [0.1, 0.15) is 12.8 Å². The fraction of sp³-hybridized carbons (Fsp3) is 0.286. The van der Waals surface area contributed by atoms with E-state index in [0.29, 0.717) is 0 Å². The van der Waals surface area contributed by atoms with Crippen LogP contribution in [0.5, 0.6) is 0 Å². The van der Waals surface area contributed by atoms with Gasteiger partial charge >= 0.3 is 0 Å². The molecule has 0 unspecified atom stereocenters. The molecule has 0 aliphatic heterocycles. The van der Waals surface area contributed by atoms with Crippen LogP contribution in [0.2, 0.25) is 0 Å². The Morgan fingerprint density at radius 1 is 1.39 bits per heavy atom. The number of hydrogen-bond donors (Lipinski definition) is 1. The maximum absolute atomic E-state index is 11.7. The first-order chi connectivity index (χ1) is 8.72. The fourth-order valence-electron chi connectivity index (χ4n) is 1.94. The van der Waals surface area contributed by atoms with Crippen molar-refractivity contribution in [1.82, 2.24) is 9.78 Å². The van der Waals surface area contributed by atoms with Crippen molar-refractivity contribution >= 4 is 11.6 Å². The van der Waals surface area contributed by atoms with Gasteiger partial charge in [0.25, 0.3) is 0 Å². The summed E-state index contributed by atoms with van der Waals surface area (Å²) in [7, 11) is 1.89. The zero-order chi connectivity index (χ0) is 12.5. The minimum atomic E-state index is 0.137. The van der Waals surface area contributed by atoms with Gasteiger partial charge in [-0.05, 0) is 30.5 Å². The lowest BCUT2D eigenvalue weighted by molar-refractivity contribution is -0.117. The number of carbonyl (C=O) groups excluding carboxylic acids is 1. The Kier molecular flexibility index (Phi) is 2.63. The second-order valence-corrected chi connectivity index (χ2v) is 4.75. The molecule has 2 aromatic rings. The van der Waals surface area contributed by atoms with Crippen LogP contribution in [-0.2, 0) is 11.8 Å². The molecule has 0 radical (unpaired) electrons. The molecule has 1 aliphatic rings. The number of nitrogens with zero attached hydrogens (tertiary/aromatic N) is 2. The van der Waals surface area contributed by atoms with Gasteiger partial charge in [-0.25, -0.2) is 0 Å². The van der Waals surface area contributed by atoms with Crippen molar-refractivity contribution in [3.05, 3.63) is 36.7 Å². The molecule has 18 heavy (non-hydrogen) atoms. The molecule has 4 nitrogen and oxygen atoms in total. The van der Waals surface area contributed by atoms with Crippen molar-refractivity contribution in [3.8, 4) is 11.1 Å². The molecule has 1 aliphatic carbocycles. The number of rotatable bonds is 3. The zero-order valence-electron chi connectivity index (χ0n) is 10.3. The van der Waals surface area contributed by atoms with E-state index in [9.17, 15) is 4.79 Å². The molecule has 1 N–H and O–H groups in total. The molecular weight excluding hydrogens is 226 g/mol. The van der Waals surface area contributed by atoms with Crippen LogP contribution in [0.25, 0.3) is 11.1 Å². The summed E-state index contributed by atoms with van der Waals surface area (Å²) < 4.78 is 1.77. The largest absolute Gasteiger partial charge is 0.326 e. The smallest absolute Gasteiger partial charge is 0.227 e. The van der Waals surface area contributed by atoms with E-state index in [-0.39, 0.29) is 11.8 Å². The Morgan fingerprint density at radius 3 is 2.89 bits per heavy atom. The molecule has 92 valence electrons. The normalized spacial score (nSPS) is 14.5. The van der Waals surface area contributed by atoms with Crippen molar-refractivity contribution in [2.45, 2.75) is 12.8 Å². The van der Waals surface area contributed by atoms with Crippen LogP contribution in [-0.4, -0.2) is 15.7 Å². The lowest BCUT2D eigenvalue weighted by Crippen LogP contribution is -2.13. The number of aromatic nitrogens is 2. The van der Waals surface area contributed by atoms with E-state index in [1.807, 2.05) is 43.7 Å². The first kappa shape index (κ1) is 11.0. The SMILES string of the molecule is Cn1cc(-c2cccc(NC(=O)C3CC3)c2)cn1. The third-order valence-electron chi connectivity index (χ3n) is 3.12. The topological polar surface area (TPSA) is 46.9 Å². The highest BCUT2D eigenvalue weighted by molar-refractivity contribution is 5.94. The summed E-state index contributed by atoms with van der Waals surface area (Å²) in [6, 6.07) is 7.87. The highest BCUT2D eigenvalue weighted by Gasteiger charge is 2.29. The Bertz CT molecular complexity index is 584. The van der Waals surface area contributed by atoms with Crippen LogP contribution in [0.4, 0.5) is 5.69 Å². The van der Waals surface area contributed by atoms with Crippen LogP contribution >= 0.6 is 0 Å². The average molecular weight is 241 g/mol. The van der Waals surface area contributed by atoms with Crippen molar-refractivity contribution in [3.63, 3.8) is 0 Å². The second-order valence-electron chi connectivity index (χ2n) is 4.75. The molecule has 1 fully saturated rings. The summed E-state index contributed by atoms with van der Waals surface area (Å²) in [5, 5.41) is 7.11. The van der Waals surface area contributed by atoms with E-state index in [1.54, 1.807) is 4.68 Å². The summed E-state index contributed by atoms with van der Waals surface area (Å²) >= 11 is 0. The lowest BCUT2D eigenvalue weighted by Gasteiger charge is -2.05. The Labute approximate surface area is 106 Å². The van der Waals surface area contributed by atoms with Crippen molar-refractivity contribution < 1.29 is 4.79 Å². The number of aryl methyl sites for hydroxylation is 1. The highest BCUT2D eigenvalue weighted by atomic mass is 16.2. The molecule has 4 heteroatoms. The first-order valence-electron chi connectivity index (χ1n) is 6.12. The van der Waals surface area contributed by atoms with Gasteiger partial charge in [0.15, 0.2) is 0 Å². The van der Waals surface area contributed by atoms with E-state index in [1.165, 1.54) is 0 Å². The third kappa shape index (κ3) is 2.27. The maximum Gasteiger partial charge on any atom is 0.227 e. The minimum absolute atomic E-state index is 0.137. The van der Waals surface area contributed by atoms with Gasteiger partial charge < -0.3 is 5.32 Å². The standard InChI is InChI=1S/C14H15N3O/c1-17-9-12(8-15-17)11-3-2-4-13(7-11)16-14(18)10-5-6-10/h2-4,7-10H,5-6H2,1H3,(H,16,18). The highest BCUT2D eigenvalue weighted by Crippen LogP contribution is 2.30. The molecule has 0 spiro atoms. The van der Waals surface area contributed by atoms with Gasteiger partial charge in [0, 0.05) is 30.4 Å². The molecule has 1 amide bonds. The fourth-order valence-corrected chi connectivity index (χ4v) is 1.94. The van der Waals surface area contributed by atoms with Crippen molar-refractivity contribution in [1.29, 1.82) is 0 Å². The van der Waals surface area contributed by atoms with Gasteiger partial charge in [-0.1, -0.05) is 12.1 Å². The summed E-state index contributed by atoms with van der Waals surface area (Å²) in [4.78, 5) is 11.7. The lowest BCUT2D eigenvalue weighted by atomic mass is 10.1. The van der Waals surface area contributed by atoms with Crippen molar-refractivity contribution in [2.75, 3.05) is 5.32 Å². The van der Waals surface area contributed by atoms with Crippen LogP contribution in [0.15, 0.2) is 36.7 Å². The summed E-state index contributed by atoms with van der Waals surface area (Å²) in [6.45, 7) is 0. The predicted molar refractivity (Wildman–Crippen MR) is 70.0 cm³/mol. The maximum atomic E-state index is 11.7. The average Bonchev–Trinajstić information content (AvgIpc) is 3.12. The number of amides is 1. The van der Waals surface area contributed by atoms with Gasteiger partial charge in [-0.3, -0.25) is 9.48 Å². The quantitative estimate of drug-likeness (QED) is 0.897. The molecule has 1 aromatic heterocycles. The number of nitrogens with one attached hydrogen (secondary N) is 1. The van der Waals surface area contributed by atoms with Crippen LogP contribution in [0.3, 0.4) is 0 Å². The van der Waals surface area contributed by atoms with Gasteiger partial charge in [0.2, 0.25) is 5.91 Å². The molecule has 0 bridgehead atoms. The number of benzene rings is 1. The molecule has 0 atom stereocenters. The number of carbonyl (C=O) groups is 1. The minimum Gasteiger partial charge on any atom is -0.326 e. The Balaban J connectivity index is 1.82. The molecule has 0 saturated heterocycles. The summed E-state index contributed by atoms with van der Waals surface area (Å²) in [5.41, 5.74) is 2.98. The molecule has 3 rings (SSSR count). The van der Waals surface area contributed by atoms with E-state index < -0.39 is 0 Å². The van der Waals surface area contributed by atoms with Crippen molar-refractivity contribution in [2.24, 2.45) is 13.0 Å². The van der Waals surface area contributed by atoms with Gasteiger partial charge in [0.05, 0.1) is 6.20 Å². The number of hydrogen-bond acceptors (Lipinski definition) is 2. The molecule has 1 aromatic carbocycles. The predicted octanol–water partition coefficient (Wildman–Crippen LogP) is 2.44. The van der Waals surface area contributed by atoms with Gasteiger partial charge in [-0.2, -0.15) is 5.10 Å². The van der Waals surface area contributed by atoms with E-state index in [2.05, 4.69) is 10.4 Å². The second kappa shape index (κ2) is 4.29. The van der Waals surface area contributed by atoms with E-state index in [4.69, 9.17) is 0 Å². The first-order valence-corrected chi connectivity index (χ1v) is 6.12. The Hall–Kier alpha value is -2.10. The number of anilines is 1. The monoisotopic (exact) mass is 241 g/mol. The van der Waals surface area contributed by atoms with E-state index >= 15 is 0 Å². The van der Waals surface area contributed by atoms with Gasteiger partial charge in [0.1, 0.15) is 0 Å². The zero-order valence-corrected chi connectivity index (χ0v) is 10.3. The van der Waals surface area contributed by atoms with Crippen LogP contribution < -0.4 is 5.32 Å². The Morgan fingerprint density at radius 2 is 2.22 bits per heavy atom. The molecule has 1 saturated carbocycles. The molecular formula is C14H15N3O. The summed E-state index contributed by atoms with van der Waals surface area (Å²) in [6.07, 6.45) is 5.83. The third-order valence-corrected chi connectivity index (χ3v) is 3.12. The summed E-state index contributed by atoms with van der Waals surface area (Å²) in [5.74, 6) is 0.366. The van der Waals surface area contributed by atoms with E-state index in [0.717, 1.165) is 29.7 Å².